The van der Waals surface area contributed by atoms with Gasteiger partial charge in [0.05, 0.1) is 11.5 Å². The van der Waals surface area contributed by atoms with E-state index in [1.54, 1.807) is 4.90 Å². The Bertz CT molecular complexity index is 248. The number of carbonyl (C=O) groups excluding carboxylic acids is 1. The molecule has 5 nitrogen and oxygen atoms in total. The summed E-state index contributed by atoms with van der Waals surface area (Å²) in [5.41, 5.74) is 5.75. The molecule has 15 heavy (non-hydrogen) atoms. The SMILES string of the molecule is NC1CCCN(C(=O)CSCC(=O)O)C1. The molecule has 1 aliphatic rings. The summed E-state index contributed by atoms with van der Waals surface area (Å²) in [6.45, 7) is 1.35. The summed E-state index contributed by atoms with van der Waals surface area (Å²) < 4.78 is 0. The predicted molar refractivity (Wildman–Crippen MR) is 58.8 cm³/mol. The smallest absolute Gasteiger partial charge is 0.313 e. The zero-order chi connectivity index (χ0) is 11.3. The third-order valence-corrected chi connectivity index (χ3v) is 3.16. The lowest BCUT2D eigenvalue weighted by Gasteiger charge is -2.30. The Morgan fingerprint density at radius 1 is 1.47 bits per heavy atom. The highest BCUT2D eigenvalue weighted by Gasteiger charge is 2.20. The van der Waals surface area contributed by atoms with Crippen molar-refractivity contribution in [3.05, 3.63) is 0 Å². The number of hydrogen-bond donors (Lipinski definition) is 2. The van der Waals surface area contributed by atoms with E-state index >= 15 is 0 Å². The number of thioether (sulfide) groups is 1. The molecule has 1 rings (SSSR count). The van der Waals surface area contributed by atoms with Gasteiger partial charge in [-0.2, -0.15) is 0 Å². The van der Waals surface area contributed by atoms with Gasteiger partial charge in [-0.1, -0.05) is 0 Å². The Hall–Kier alpha value is -0.750. The van der Waals surface area contributed by atoms with Crippen molar-refractivity contribution in [2.75, 3.05) is 24.6 Å². The number of carboxylic acids is 1. The van der Waals surface area contributed by atoms with E-state index in [9.17, 15) is 9.59 Å². The molecule has 1 heterocycles. The predicted octanol–water partition coefficient (Wildman–Crippen LogP) is -0.246. The van der Waals surface area contributed by atoms with Crippen LogP contribution in [0.2, 0.25) is 0 Å². The van der Waals surface area contributed by atoms with Crippen LogP contribution in [-0.2, 0) is 9.59 Å². The van der Waals surface area contributed by atoms with E-state index in [2.05, 4.69) is 0 Å². The van der Waals surface area contributed by atoms with Gasteiger partial charge in [0, 0.05) is 19.1 Å². The van der Waals surface area contributed by atoms with Crippen LogP contribution in [0.3, 0.4) is 0 Å². The van der Waals surface area contributed by atoms with E-state index in [0.29, 0.717) is 6.54 Å². The van der Waals surface area contributed by atoms with Gasteiger partial charge in [0.15, 0.2) is 0 Å². The van der Waals surface area contributed by atoms with E-state index in [1.807, 2.05) is 0 Å². The standard InChI is InChI=1S/C9H16N2O3S/c10-7-2-1-3-11(4-7)8(12)5-15-6-9(13)14/h7H,1-6,10H2,(H,13,14). The first-order chi connectivity index (χ1) is 7.09. The zero-order valence-corrected chi connectivity index (χ0v) is 9.33. The van der Waals surface area contributed by atoms with Crippen LogP contribution in [0.15, 0.2) is 0 Å². The fraction of sp³-hybridized carbons (Fsp3) is 0.778. The molecule has 0 radical (unpaired) electrons. The number of amides is 1. The maximum Gasteiger partial charge on any atom is 0.313 e. The summed E-state index contributed by atoms with van der Waals surface area (Å²) in [5.74, 6) is -0.676. The second kappa shape index (κ2) is 5.97. The van der Waals surface area contributed by atoms with Crippen molar-refractivity contribution < 1.29 is 14.7 Å². The second-order valence-corrected chi connectivity index (χ2v) is 4.61. The minimum absolute atomic E-state index is 0.00333. The zero-order valence-electron chi connectivity index (χ0n) is 8.52. The molecule has 0 saturated carbocycles. The molecule has 0 spiro atoms. The molecule has 3 N–H and O–H groups in total. The quantitative estimate of drug-likeness (QED) is 0.698. The fourth-order valence-corrected chi connectivity index (χ4v) is 2.19. The molecule has 0 aromatic rings. The van der Waals surface area contributed by atoms with E-state index < -0.39 is 5.97 Å². The van der Waals surface area contributed by atoms with Crippen LogP contribution in [0.1, 0.15) is 12.8 Å². The van der Waals surface area contributed by atoms with Gasteiger partial charge in [-0.25, -0.2) is 0 Å². The topological polar surface area (TPSA) is 83.6 Å². The monoisotopic (exact) mass is 232 g/mol. The number of likely N-dealkylation sites (tertiary alicyclic amines) is 1. The van der Waals surface area contributed by atoms with Crippen molar-refractivity contribution in [1.82, 2.24) is 4.90 Å². The largest absolute Gasteiger partial charge is 0.481 e. The van der Waals surface area contributed by atoms with Gasteiger partial charge in [0.2, 0.25) is 5.91 Å². The minimum Gasteiger partial charge on any atom is -0.481 e. The minimum atomic E-state index is -0.886. The molecule has 0 aromatic heterocycles. The third kappa shape index (κ3) is 4.53. The van der Waals surface area contributed by atoms with E-state index in [-0.39, 0.29) is 23.5 Å². The molecule has 1 amide bonds. The molecule has 86 valence electrons. The first-order valence-electron chi connectivity index (χ1n) is 4.92. The van der Waals surface area contributed by atoms with Gasteiger partial charge in [0.25, 0.3) is 0 Å². The van der Waals surface area contributed by atoms with Crippen molar-refractivity contribution in [3.8, 4) is 0 Å². The summed E-state index contributed by atoms with van der Waals surface area (Å²) in [5, 5.41) is 8.41. The summed E-state index contributed by atoms with van der Waals surface area (Å²) in [6.07, 6.45) is 1.91. The van der Waals surface area contributed by atoms with Gasteiger partial charge in [-0.3, -0.25) is 9.59 Å². The highest BCUT2D eigenvalue weighted by atomic mass is 32.2. The molecular formula is C9H16N2O3S. The number of piperidine rings is 1. The van der Waals surface area contributed by atoms with Crippen molar-refractivity contribution in [1.29, 1.82) is 0 Å². The van der Waals surface area contributed by atoms with Crippen LogP contribution in [0, 0.1) is 0 Å². The maximum atomic E-state index is 11.6. The Balaban J connectivity index is 2.24. The van der Waals surface area contributed by atoms with Crippen LogP contribution < -0.4 is 5.73 Å². The van der Waals surface area contributed by atoms with Gasteiger partial charge < -0.3 is 15.7 Å². The number of rotatable bonds is 4. The van der Waals surface area contributed by atoms with E-state index in [0.717, 1.165) is 31.1 Å². The maximum absolute atomic E-state index is 11.6. The Kier molecular flexibility index (Phi) is 4.90. The van der Waals surface area contributed by atoms with Crippen LogP contribution in [0.4, 0.5) is 0 Å². The number of hydrogen-bond acceptors (Lipinski definition) is 4. The van der Waals surface area contributed by atoms with Gasteiger partial charge in [0.1, 0.15) is 0 Å². The van der Waals surface area contributed by atoms with Crippen molar-refractivity contribution in [2.24, 2.45) is 5.73 Å². The molecule has 1 fully saturated rings. The summed E-state index contributed by atoms with van der Waals surface area (Å²) in [7, 11) is 0. The number of carboxylic acid groups (broad SMARTS) is 1. The van der Waals surface area contributed by atoms with Crippen LogP contribution in [0.25, 0.3) is 0 Å². The average molecular weight is 232 g/mol. The van der Waals surface area contributed by atoms with Crippen molar-refractivity contribution >= 4 is 23.6 Å². The lowest BCUT2D eigenvalue weighted by molar-refractivity contribution is -0.133. The van der Waals surface area contributed by atoms with Crippen molar-refractivity contribution in [2.45, 2.75) is 18.9 Å². The van der Waals surface area contributed by atoms with Gasteiger partial charge in [-0.05, 0) is 12.8 Å². The number of carbonyl (C=O) groups is 2. The molecule has 1 aliphatic heterocycles. The Morgan fingerprint density at radius 2 is 2.20 bits per heavy atom. The molecule has 1 unspecified atom stereocenters. The molecule has 0 aliphatic carbocycles. The number of nitrogens with two attached hydrogens (primary N) is 1. The van der Waals surface area contributed by atoms with Crippen LogP contribution in [-0.4, -0.2) is 52.5 Å². The number of aliphatic carboxylic acids is 1. The molecule has 0 bridgehead atoms. The molecule has 1 saturated heterocycles. The Labute approximate surface area is 93.0 Å². The fourth-order valence-electron chi connectivity index (χ4n) is 1.55. The van der Waals surface area contributed by atoms with Gasteiger partial charge in [-0.15, -0.1) is 11.8 Å². The summed E-state index contributed by atoms with van der Waals surface area (Å²) >= 11 is 1.13. The lowest BCUT2D eigenvalue weighted by atomic mass is 10.1. The van der Waals surface area contributed by atoms with Crippen LogP contribution in [0.5, 0.6) is 0 Å². The molecule has 6 heteroatoms. The van der Waals surface area contributed by atoms with Crippen LogP contribution >= 0.6 is 11.8 Å². The first kappa shape index (κ1) is 12.3. The van der Waals surface area contributed by atoms with E-state index in [4.69, 9.17) is 10.8 Å². The lowest BCUT2D eigenvalue weighted by Crippen LogP contribution is -2.46. The highest BCUT2D eigenvalue weighted by molar-refractivity contribution is 8.00. The first-order valence-corrected chi connectivity index (χ1v) is 6.08. The second-order valence-electron chi connectivity index (χ2n) is 3.63. The van der Waals surface area contributed by atoms with Crippen molar-refractivity contribution in [3.63, 3.8) is 0 Å². The van der Waals surface area contributed by atoms with E-state index in [1.165, 1.54) is 0 Å². The highest BCUT2D eigenvalue weighted by Crippen LogP contribution is 2.10. The molecular weight excluding hydrogens is 216 g/mol. The van der Waals surface area contributed by atoms with Gasteiger partial charge >= 0.3 is 5.97 Å². The molecule has 0 aromatic carbocycles. The third-order valence-electron chi connectivity index (χ3n) is 2.26. The molecule has 1 atom stereocenters. The summed E-state index contributed by atoms with van der Waals surface area (Å²) in [4.78, 5) is 23.6. The summed E-state index contributed by atoms with van der Waals surface area (Å²) in [6, 6.07) is 0.0761. The average Bonchev–Trinajstić information content (AvgIpc) is 2.17. The normalized spacial score (nSPS) is 21.4. The Morgan fingerprint density at radius 3 is 2.80 bits per heavy atom. The number of nitrogens with zero attached hydrogens (tertiary/aromatic N) is 1.